The molecule has 5 rings (SSSR count). The van der Waals surface area contributed by atoms with E-state index in [1.807, 2.05) is 17.7 Å². The fraction of sp³-hybridized carbons (Fsp3) is 0.703. The molecule has 1 aromatic carbocycles. The number of carbonyl (C=O) groups excluding carboxylic acids is 3. The van der Waals surface area contributed by atoms with Gasteiger partial charge in [0.05, 0.1) is 11.6 Å². The summed E-state index contributed by atoms with van der Waals surface area (Å²) in [6.07, 6.45) is 20.9. The second-order valence-corrected chi connectivity index (χ2v) is 13.6. The molecule has 3 aliphatic rings. The van der Waals surface area contributed by atoms with Crippen LogP contribution in [0.3, 0.4) is 0 Å². The molecule has 2 aliphatic heterocycles. The molecule has 2 fully saturated rings. The van der Waals surface area contributed by atoms with E-state index in [2.05, 4.69) is 17.4 Å². The number of carbonyl (C=O) groups is 3. The molecule has 7 heteroatoms. The first kappa shape index (κ1) is 32.7. The number of nitrogens with zero attached hydrogens (tertiary/aromatic N) is 2. The fourth-order valence-electron chi connectivity index (χ4n) is 7.82. The lowest BCUT2D eigenvalue weighted by atomic mass is 9.89. The van der Waals surface area contributed by atoms with Gasteiger partial charge in [0.1, 0.15) is 12.6 Å². The Bertz CT molecular complexity index is 1280. The SMILES string of the molecule is CCC(=O)[C@@H]1[C@H]2CCN1C(=O)Cn1cc(C(C)=O)c3cc(NCC4CCCCC4)cc(c31)CCCCCCCCCCCO2. The van der Waals surface area contributed by atoms with E-state index >= 15 is 0 Å². The van der Waals surface area contributed by atoms with Gasteiger partial charge >= 0.3 is 0 Å². The van der Waals surface area contributed by atoms with Gasteiger partial charge < -0.3 is 19.5 Å². The summed E-state index contributed by atoms with van der Waals surface area (Å²) in [5.74, 6) is 0.703. The first-order chi connectivity index (χ1) is 21.5. The van der Waals surface area contributed by atoms with Gasteiger partial charge in [-0.3, -0.25) is 14.4 Å². The van der Waals surface area contributed by atoms with E-state index in [1.54, 1.807) is 11.8 Å². The molecule has 0 spiro atoms. The van der Waals surface area contributed by atoms with Gasteiger partial charge in [0.15, 0.2) is 11.6 Å². The largest absolute Gasteiger partial charge is 0.385 e. The lowest BCUT2D eigenvalue weighted by Crippen LogP contribution is -2.46. The van der Waals surface area contributed by atoms with Crippen LogP contribution in [0.2, 0.25) is 0 Å². The number of nitrogens with one attached hydrogen (secondary N) is 1. The van der Waals surface area contributed by atoms with E-state index in [-0.39, 0.29) is 30.1 Å². The maximum absolute atomic E-state index is 14.0. The molecule has 1 aliphatic carbocycles. The van der Waals surface area contributed by atoms with Gasteiger partial charge in [0.2, 0.25) is 5.91 Å². The smallest absolute Gasteiger partial charge is 0.243 e. The van der Waals surface area contributed by atoms with Crippen LogP contribution in [-0.2, 0) is 27.3 Å². The summed E-state index contributed by atoms with van der Waals surface area (Å²) >= 11 is 0. The predicted octanol–water partition coefficient (Wildman–Crippen LogP) is 7.87. The lowest BCUT2D eigenvalue weighted by Gasteiger charge is -2.27. The van der Waals surface area contributed by atoms with Gasteiger partial charge in [-0.25, -0.2) is 0 Å². The molecule has 1 N–H and O–H groups in total. The number of ketones is 2. The van der Waals surface area contributed by atoms with Crippen molar-refractivity contribution >= 4 is 34.1 Å². The predicted molar refractivity (Wildman–Crippen MR) is 177 cm³/mol. The average molecular weight is 606 g/mol. The van der Waals surface area contributed by atoms with Crippen molar-refractivity contribution in [3.8, 4) is 0 Å². The molecule has 44 heavy (non-hydrogen) atoms. The summed E-state index contributed by atoms with van der Waals surface area (Å²) in [5.41, 5.74) is 3.93. The number of hydrogen-bond acceptors (Lipinski definition) is 5. The average Bonchev–Trinajstić information content (AvgIpc) is 3.62. The molecule has 1 saturated heterocycles. The highest BCUT2D eigenvalue weighted by molar-refractivity contribution is 6.09. The molecule has 2 bridgehead atoms. The highest BCUT2D eigenvalue weighted by Crippen LogP contribution is 2.33. The zero-order valence-electron chi connectivity index (χ0n) is 27.3. The van der Waals surface area contributed by atoms with Crippen molar-refractivity contribution in [3.63, 3.8) is 0 Å². The van der Waals surface area contributed by atoms with Crippen LogP contribution in [0, 0.1) is 5.92 Å². The van der Waals surface area contributed by atoms with Crippen LogP contribution < -0.4 is 5.32 Å². The van der Waals surface area contributed by atoms with Crippen LogP contribution in [-0.4, -0.2) is 58.8 Å². The van der Waals surface area contributed by atoms with E-state index in [4.69, 9.17) is 4.74 Å². The Kier molecular flexibility index (Phi) is 11.9. The van der Waals surface area contributed by atoms with Crippen molar-refractivity contribution in [1.29, 1.82) is 0 Å². The Morgan fingerprint density at radius 1 is 0.909 bits per heavy atom. The molecular formula is C37H55N3O4. The van der Waals surface area contributed by atoms with Gasteiger partial charge in [-0.2, -0.15) is 0 Å². The maximum Gasteiger partial charge on any atom is 0.243 e. The van der Waals surface area contributed by atoms with Gasteiger partial charge in [0.25, 0.3) is 0 Å². The molecule has 2 aromatic rings. The monoisotopic (exact) mass is 605 g/mol. The number of hydrogen-bond donors (Lipinski definition) is 1. The van der Waals surface area contributed by atoms with Gasteiger partial charge in [-0.1, -0.05) is 71.1 Å². The zero-order valence-corrected chi connectivity index (χ0v) is 27.3. The summed E-state index contributed by atoms with van der Waals surface area (Å²) in [7, 11) is 0. The van der Waals surface area contributed by atoms with Crippen molar-refractivity contribution < 1.29 is 19.1 Å². The number of Topliss-reactive ketones (excluding diaryl/α,β-unsaturated/α-hetero) is 2. The van der Waals surface area contributed by atoms with Crippen LogP contribution in [0.25, 0.3) is 10.9 Å². The molecule has 7 nitrogen and oxygen atoms in total. The van der Waals surface area contributed by atoms with E-state index in [1.165, 1.54) is 76.2 Å². The van der Waals surface area contributed by atoms with Crippen molar-refractivity contribution in [2.24, 2.45) is 5.92 Å². The summed E-state index contributed by atoms with van der Waals surface area (Å²) < 4.78 is 8.25. The third-order valence-corrected chi connectivity index (χ3v) is 10.3. The fourth-order valence-corrected chi connectivity index (χ4v) is 7.82. The van der Waals surface area contributed by atoms with E-state index in [0.717, 1.165) is 48.8 Å². The standard InChI is InChI=1S/C37H55N3O4/c1-3-33(42)37-34-19-20-40(37)35(43)26-39-25-32(27(2)41)31-23-30(38-24-28-16-12-11-13-17-28)22-29(36(31)39)18-14-9-7-5-4-6-8-10-15-21-44-34/h22-23,25,28,34,37-38H,3-21,24,26H2,1-2H3/t34-,37-/m1/s1. The topological polar surface area (TPSA) is 80.6 Å². The van der Waals surface area contributed by atoms with Crippen molar-refractivity contribution in [1.82, 2.24) is 9.47 Å². The van der Waals surface area contributed by atoms with Crippen LogP contribution >= 0.6 is 0 Å². The highest BCUT2D eigenvalue weighted by Gasteiger charge is 2.41. The molecule has 0 unspecified atom stereocenters. The van der Waals surface area contributed by atoms with Crippen LogP contribution in [0.5, 0.6) is 0 Å². The number of aryl methyl sites for hydroxylation is 1. The number of amides is 1. The molecule has 1 amide bonds. The van der Waals surface area contributed by atoms with Crippen molar-refractivity contribution in [3.05, 3.63) is 29.5 Å². The second-order valence-electron chi connectivity index (χ2n) is 13.6. The molecule has 0 radical (unpaired) electrons. The van der Waals surface area contributed by atoms with Crippen molar-refractivity contribution in [2.75, 3.05) is 25.0 Å². The number of rotatable bonds is 6. The van der Waals surface area contributed by atoms with E-state index in [9.17, 15) is 14.4 Å². The molecule has 1 aromatic heterocycles. The number of aromatic nitrogens is 1. The molecule has 242 valence electrons. The minimum absolute atomic E-state index is 0.00998. The number of fused-ring (bicyclic) bond motifs is 2. The van der Waals surface area contributed by atoms with E-state index < -0.39 is 6.04 Å². The summed E-state index contributed by atoms with van der Waals surface area (Å²) in [4.78, 5) is 41.8. The molecule has 2 atom stereocenters. The second kappa shape index (κ2) is 16.1. The zero-order chi connectivity index (χ0) is 30.9. The quantitative estimate of drug-likeness (QED) is 0.339. The Balaban J connectivity index is 1.46. The first-order valence-corrected chi connectivity index (χ1v) is 17.8. The summed E-state index contributed by atoms with van der Waals surface area (Å²) in [6, 6.07) is 3.87. The minimum atomic E-state index is -0.526. The van der Waals surface area contributed by atoms with Crippen LogP contribution in [0.4, 0.5) is 5.69 Å². The number of ether oxygens (including phenoxy) is 1. The summed E-state index contributed by atoms with van der Waals surface area (Å²) in [6.45, 7) is 5.74. The normalized spacial score (nSPS) is 23.5. The van der Waals surface area contributed by atoms with Gasteiger partial charge in [-0.05, 0) is 69.1 Å². The molecule has 3 heterocycles. The minimum Gasteiger partial charge on any atom is -0.385 e. The first-order valence-electron chi connectivity index (χ1n) is 17.8. The van der Waals surface area contributed by atoms with Gasteiger partial charge in [0, 0.05) is 49.0 Å². The van der Waals surface area contributed by atoms with Crippen molar-refractivity contribution in [2.45, 2.75) is 142 Å². The molecule has 1 saturated carbocycles. The van der Waals surface area contributed by atoms with Crippen LogP contribution in [0.15, 0.2) is 18.3 Å². The lowest BCUT2D eigenvalue weighted by molar-refractivity contribution is -0.140. The number of anilines is 1. The third kappa shape index (κ3) is 8.13. The Labute approximate surface area is 264 Å². The van der Waals surface area contributed by atoms with Crippen LogP contribution in [0.1, 0.15) is 133 Å². The Morgan fingerprint density at radius 3 is 2.30 bits per heavy atom. The Morgan fingerprint density at radius 2 is 1.59 bits per heavy atom. The number of benzene rings is 1. The third-order valence-electron chi connectivity index (χ3n) is 10.3. The summed E-state index contributed by atoms with van der Waals surface area (Å²) in [5, 5.41) is 4.66. The van der Waals surface area contributed by atoms with Gasteiger partial charge in [-0.15, -0.1) is 0 Å². The Hall–Kier alpha value is -2.67. The maximum atomic E-state index is 14.0. The highest BCUT2D eigenvalue weighted by atomic mass is 16.5. The molecular weight excluding hydrogens is 550 g/mol. The van der Waals surface area contributed by atoms with E-state index in [0.29, 0.717) is 37.5 Å².